The van der Waals surface area contributed by atoms with E-state index in [1.807, 2.05) is 6.92 Å². The summed E-state index contributed by atoms with van der Waals surface area (Å²) >= 11 is 0. The summed E-state index contributed by atoms with van der Waals surface area (Å²) in [6, 6.07) is 17.6. The van der Waals surface area contributed by atoms with Crippen LogP contribution in [-0.2, 0) is 14.3 Å². The molecule has 3 aromatic carbocycles. The van der Waals surface area contributed by atoms with E-state index in [4.69, 9.17) is 28.4 Å². The van der Waals surface area contributed by atoms with Crippen LogP contribution in [0.4, 0.5) is 0 Å². The van der Waals surface area contributed by atoms with Crippen molar-refractivity contribution in [2.75, 3.05) is 26.4 Å². The molecule has 0 N–H and O–H groups in total. The first-order valence-electron chi connectivity index (χ1n) is 13.3. The molecule has 0 aromatic heterocycles. The molecule has 0 aliphatic carbocycles. The summed E-state index contributed by atoms with van der Waals surface area (Å²) in [4.78, 5) is 36.7. The van der Waals surface area contributed by atoms with Gasteiger partial charge >= 0.3 is 17.9 Å². The monoisotopic (exact) mass is 586 g/mol. The molecule has 0 radical (unpaired) electrons. The first kappa shape index (κ1) is 32.2. The predicted molar refractivity (Wildman–Crippen MR) is 161 cm³/mol. The van der Waals surface area contributed by atoms with E-state index in [2.05, 4.69) is 19.7 Å². The highest BCUT2D eigenvalue weighted by Crippen LogP contribution is 2.26. The Hall–Kier alpha value is -5.31. The second-order valence-electron chi connectivity index (χ2n) is 9.42. The molecule has 3 rings (SSSR count). The molecule has 0 amide bonds. The zero-order chi connectivity index (χ0) is 31.4. The highest BCUT2D eigenvalue weighted by Gasteiger charge is 2.14. The normalized spacial score (nSPS) is 10.2. The fourth-order valence-electron chi connectivity index (χ4n) is 3.36. The lowest BCUT2D eigenvalue weighted by molar-refractivity contribution is -0.139. The number of hydrogen-bond donors (Lipinski definition) is 0. The van der Waals surface area contributed by atoms with E-state index in [0.29, 0.717) is 64.2 Å². The van der Waals surface area contributed by atoms with Gasteiger partial charge in [-0.25, -0.2) is 14.4 Å². The lowest BCUT2D eigenvalue weighted by Crippen LogP contribution is -2.12. The Morgan fingerprint density at radius 1 is 0.605 bits per heavy atom. The summed E-state index contributed by atoms with van der Waals surface area (Å²) in [5.41, 5.74) is 2.32. The predicted octanol–water partition coefficient (Wildman–Crippen LogP) is 6.42. The average molecular weight is 587 g/mol. The van der Waals surface area contributed by atoms with Crippen molar-refractivity contribution in [2.24, 2.45) is 0 Å². The van der Waals surface area contributed by atoms with Gasteiger partial charge < -0.3 is 28.4 Å². The number of ether oxygens (including phenoxy) is 6. The molecule has 0 bridgehead atoms. The Morgan fingerprint density at radius 2 is 1.09 bits per heavy atom. The minimum Gasteiger partial charge on any atom is -0.490 e. The zero-order valence-electron chi connectivity index (χ0n) is 24.5. The van der Waals surface area contributed by atoms with Crippen molar-refractivity contribution in [2.45, 2.75) is 20.8 Å². The van der Waals surface area contributed by atoms with Crippen LogP contribution in [0, 0.1) is 6.92 Å². The van der Waals surface area contributed by atoms with E-state index < -0.39 is 17.9 Å². The Kier molecular flexibility index (Phi) is 11.7. The number of hydrogen-bond acceptors (Lipinski definition) is 9. The average Bonchev–Trinajstić information content (AvgIpc) is 2.99. The fraction of sp³-hybridized carbons (Fsp3) is 0.206. The highest BCUT2D eigenvalue weighted by molar-refractivity contribution is 5.92. The Bertz CT molecular complexity index is 1490. The number of benzene rings is 3. The van der Waals surface area contributed by atoms with Crippen molar-refractivity contribution < 1.29 is 42.8 Å². The van der Waals surface area contributed by atoms with Gasteiger partial charge in [-0.1, -0.05) is 19.7 Å². The van der Waals surface area contributed by atoms with Crippen LogP contribution in [0.15, 0.2) is 103 Å². The van der Waals surface area contributed by atoms with Gasteiger partial charge in [-0.2, -0.15) is 0 Å². The zero-order valence-corrected chi connectivity index (χ0v) is 24.5. The van der Waals surface area contributed by atoms with Crippen molar-refractivity contribution in [3.8, 4) is 23.0 Å². The molecule has 0 saturated carbocycles. The fourth-order valence-corrected chi connectivity index (χ4v) is 3.36. The largest absolute Gasteiger partial charge is 0.490 e. The summed E-state index contributed by atoms with van der Waals surface area (Å²) in [7, 11) is 0. The van der Waals surface area contributed by atoms with Crippen LogP contribution >= 0.6 is 0 Å². The summed E-state index contributed by atoms with van der Waals surface area (Å²) in [6.07, 6.45) is 0. The third kappa shape index (κ3) is 10.2. The molecule has 0 saturated heterocycles. The van der Waals surface area contributed by atoms with Crippen LogP contribution in [0.5, 0.6) is 23.0 Å². The molecule has 224 valence electrons. The maximum atomic E-state index is 12.7. The molecule has 0 heterocycles. The summed E-state index contributed by atoms with van der Waals surface area (Å²) in [5.74, 6) is 0.615. The van der Waals surface area contributed by atoms with E-state index in [1.54, 1.807) is 80.6 Å². The maximum Gasteiger partial charge on any atom is 0.343 e. The Balaban J connectivity index is 1.47. The Labute approximate surface area is 250 Å². The van der Waals surface area contributed by atoms with Gasteiger partial charge in [-0.05, 0) is 98.6 Å². The van der Waals surface area contributed by atoms with Crippen LogP contribution in [0.1, 0.15) is 40.1 Å². The van der Waals surface area contributed by atoms with Gasteiger partial charge in [0.2, 0.25) is 0 Å². The number of allylic oxidation sites excluding steroid dienone is 1. The van der Waals surface area contributed by atoms with Gasteiger partial charge in [0.1, 0.15) is 55.2 Å². The van der Waals surface area contributed by atoms with Crippen molar-refractivity contribution in [3.05, 3.63) is 120 Å². The van der Waals surface area contributed by atoms with Crippen LogP contribution in [-0.4, -0.2) is 44.3 Å². The molecule has 9 nitrogen and oxygen atoms in total. The molecule has 0 aliphatic heterocycles. The smallest absolute Gasteiger partial charge is 0.343 e. The molecule has 0 spiro atoms. The molecule has 9 heteroatoms. The molecule has 43 heavy (non-hydrogen) atoms. The summed E-state index contributed by atoms with van der Waals surface area (Å²) in [6.45, 7) is 17.0. The van der Waals surface area contributed by atoms with Crippen LogP contribution in [0.2, 0.25) is 0 Å². The SMILES string of the molecule is C=C(C)C(=C)OCCOc1ccc(C(=O)Oc2ccc(OC(=O)c3ccc(OCCOC(=O)C(=C)C)cc3)cc2C)cc1. The summed E-state index contributed by atoms with van der Waals surface area (Å²) in [5, 5.41) is 0. The van der Waals surface area contributed by atoms with Gasteiger partial charge in [-0.3, -0.25) is 0 Å². The van der Waals surface area contributed by atoms with E-state index in [1.165, 1.54) is 0 Å². The third-order valence-electron chi connectivity index (χ3n) is 5.78. The number of rotatable bonds is 15. The number of carbonyl (C=O) groups is 3. The lowest BCUT2D eigenvalue weighted by atomic mass is 10.2. The van der Waals surface area contributed by atoms with Gasteiger partial charge in [0.05, 0.1) is 11.1 Å². The van der Waals surface area contributed by atoms with E-state index in [0.717, 1.165) is 5.57 Å². The van der Waals surface area contributed by atoms with Gasteiger partial charge in [-0.15, -0.1) is 0 Å². The van der Waals surface area contributed by atoms with Crippen LogP contribution in [0.25, 0.3) is 0 Å². The minimum atomic E-state index is -0.569. The highest BCUT2D eigenvalue weighted by atomic mass is 16.6. The van der Waals surface area contributed by atoms with Crippen LogP contribution in [0.3, 0.4) is 0 Å². The molecule has 0 aliphatic rings. The standard InChI is InChI=1S/C34H34O9/c1-22(2)25(6)38-17-18-39-28-13-9-27(10-14-28)34(37)43-31-16-15-30(21-24(31)5)42-33(36)26-7-11-29(12-8-26)40-19-20-41-32(35)23(3)4/h7-16,21H,1,3,6,17-20H2,2,4-5H3. The minimum absolute atomic E-state index is 0.0750. The second-order valence-corrected chi connectivity index (χ2v) is 9.42. The molecule has 0 unspecified atom stereocenters. The molecular formula is C34H34O9. The number of carbonyl (C=O) groups excluding carboxylic acids is 3. The molecular weight excluding hydrogens is 552 g/mol. The summed E-state index contributed by atoms with van der Waals surface area (Å²) < 4.78 is 32.5. The second kappa shape index (κ2) is 15.6. The first-order valence-corrected chi connectivity index (χ1v) is 13.3. The van der Waals surface area contributed by atoms with Gasteiger partial charge in [0, 0.05) is 5.57 Å². The van der Waals surface area contributed by atoms with Crippen molar-refractivity contribution in [1.82, 2.24) is 0 Å². The van der Waals surface area contributed by atoms with Crippen molar-refractivity contribution in [3.63, 3.8) is 0 Å². The number of esters is 3. The molecule has 0 atom stereocenters. The maximum absolute atomic E-state index is 12.7. The van der Waals surface area contributed by atoms with E-state index in [9.17, 15) is 14.4 Å². The third-order valence-corrected chi connectivity index (χ3v) is 5.78. The van der Waals surface area contributed by atoms with Gasteiger partial charge in [0.15, 0.2) is 0 Å². The van der Waals surface area contributed by atoms with E-state index in [-0.39, 0.29) is 13.2 Å². The molecule has 0 fully saturated rings. The first-order chi connectivity index (χ1) is 20.5. The van der Waals surface area contributed by atoms with Crippen molar-refractivity contribution in [1.29, 1.82) is 0 Å². The van der Waals surface area contributed by atoms with Crippen molar-refractivity contribution >= 4 is 17.9 Å². The molecule has 3 aromatic rings. The Morgan fingerprint density at radius 3 is 1.58 bits per heavy atom. The topological polar surface area (TPSA) is 107 Å². The number of aryl methyl sites for hydroxylation is 1. The quantitative estimate of drug-likeness (QED) is 0.0498. The van der Waals surface area contributed by atoms with Gasteiger partial charge in [0.25, 0.3) is 0 Å². The van der Waals surface area contributed by atoms with Crippen LogP contribution < -0.4 is 18.9 Å². The lowest BCUT2D eigenvalue weighted by Gasteiger charge is -2.11. The van der Waals surface area contributed by atoms with E-state index >= 15 is 0 Å².